The van der Waals surface area contributed by atoms with Gasteiger partial charge in [0.1, 0.15) is 0 Å². The van der Waals surface area contributed by atoms with E-state index in [4.69, 9.17) is 0 Å². The van der Waals surface area contributed by atoms with Crippen LogP contribution in [0.1, 0.15) is 71.1 Å². The van der Waals surface area contributed by atoms with Crippen molar-refractivity contribution in [2.24, 2.45) is 17.8 Å². The quantitative estimate of drug-likeness (QED) is 0.497. The molecule has 0 radical (unpaired) electrons. The minimum Gasteiger partial charge on any atom is -0.0707 e. The van der Waals surface area contributed by atoms with Crippen LogP contribution in [0.2, 0.25) is 0 Å². The Labute approximate surface area is 101 Å². The van der Waals surface area contributed by atoms with Crippen LogP contribution in [0, 0.1) is 17.8 Å². The van der Waals surface area contributed by atoms with E-state index in [9.17, 15) is 0 Å². The average Bonchev–Trinajstić information content (AvgIpc) is 2.49. The van der Waals surface area contributed by atoms with Gasteiger partial charge in [-0.2, -0.15) is 0 Å². The summed E-state index contributed by atoms with van der Waals surface area (Å²) in [7, 11) is 0. The molecule has 0 amide bonds. The fourth-order valence-corrected chi connectivity index (χ4v) is 4.70. The van der Waals surface area contributed by atoms with Crippen molar-refractivity contribution in [2.75, 3.05) is 0 Å². The topological polar surface area (TPSA) is 0 Å². The molecule has 0 heterocycles. The van der Waals surface area contributed by atoms with Crippen LogP contribution in [0.5, 0.6) is 0 Å². The summed E-state index contributed by atoms with van der Waals surface area (Å²) in [6.07, 6.45) is 14.9. The molecule has 1 saturated carbocycles. The summed E-state index contributed by atoms with van der Waals surface area (Å²) in [5, 5.41) is 0. The van der Waals surface area contributed by atoms with Crippen LogP contribution in [-0.2, 0) is 0 Å². The molecule has 3 rings (SSSR count). The van der Waals surface area contributed by atoms with Crippen molar-refractivity contribution in [1.29, 1.82) is 0 Å². The SMILES string of the molecule is CC1C2=C(CCCC2)CCC2CCCCC21. The number of hydrogen-bond donors (Lipinski definition) is 0. The first-order valence-corrected chi connectivity index (χ1v) is 7.57. The second-order valence-corrected chi connectivity index (χ2v) is 6.37. The summed E-state index contributed by atoms with van der Waals surface area (Å²) in [5.41, 5.74) is 3.81. The lowest BCUT2D eigenvalue weighted by atomic mass is 9.70. The Bertz CT molecular complexity index is 286. The van der Waals surface area contributed by atoms with Crippen molar-refractivity contribution < 1.29 is 0 Å². The minimum atomic E-state index is 0.933. The second kappa shape index (κ2) is 4.55. The number of rotatable bonds is 0. The molecular weight excluding hydrogens is 192 g/mol. The zero-order valence-corrected chi connectivity index (χ0v) is 10.8. The van der Waals surface area contributed by atoms with E-state index in [0.29, 0.717) is 0 Å². The molecule has 3 aliphatic carbocycles. The van der Waals surface area contributed by atoms with E-state index in [0.717, 1.165) is 17.8 Å². The third kappa shape index (κ3) is 1.85. The molecule has 0 aromatic carbocycles. The maximum Gasteiger partial charge on any atom is -0.0198 e. The minimum absolute atomic E-state index is 0.933. The Morgan fingerprint density at radius 1 is 0.812 bits per heavy atom. The lowest BCUT2D eigenvalue weighted by Gasteiger charge is -2.35. The highest BCUT2D eigenvalue weighted by Crippen LogP contribution is 2.47. The van der Waals surface area contributed by atoms with E-state index in [1.807, 2.05) is 11.1 Å². The molecule has 16 heavy (non-hydrogen) atoms. The van der Waals surface area contributed by atoms with Crippen molar-refractivity contribution >= 4 is 0 Å². The lowest BCUT2D eigenvalue weighted by Crippen LogP contribution is -2.25. The molecule has 0 N–H and O–H groups in total. The van der Waals surface area contributed by atoms with Crippen molar-refractivity contribution in [3.8, 4) is 0 Å². The van der Waals surface area contributed by atoms with E-state index >= 15 is 0 Å². The van der Waals surface area contributed by atoms with Gasteiger partial charge >= 0.3 is 0 Å². The van der Waals surface area contributed by atoms with Gasteiger partial charge in [0.15, 0.2) is 0 Å². The predicted octanol–water partition coefficient (Wildman–Crippen LogP) is 5.09. The smallest absolute Gasteiger partial charge is 0.0198 e. The van der Waals surface area contributed by atoms with Crippen molar-refractivity contribution in [2.45, 2.75) is 71.1 Å². The number of hydrogen-bond acceptors (Lipinski definition) is 0. The molecule has 0 aliphatic heterocycles. The van der Waals surface area contributed by atoms with Crippen LogP contribution in [-0.4, -0.2) is 0 Å². The Morgan fingerprint density at radius 2 is 1.62 bits per heavy atom. The zero-order chi connectivity index (χ0) is 11.0. The number of fused-ring (bicyclic) bond motifs is 1. The molecule has 3 aliphatic rings. The van der Waals surface area contributed by atoms with Gasteiger partial charge in [0.2, 0.25) is 0 Å². The fraction of sp³-hybridized carbons (Fsp3) is 0.875. The van der Waals surface area contributed by atoms with Gasteiger partial charge in [-0.1, -0.05) is 37.3 Å². The van der Waals surface area contributed by atoms with Gasteiger partial charge in [0.05, 0.1) is 0 Å². The van der Waals surface area contributed by atoms with Crippen LogP contribution >= 0.6 is 0 Å². The van der Waals surface area contributed by atoms with Gasteiger partial charge in [0, 0.05) is 0 Å². The Balaban J connectivity index is 1.86. The van der Waals surface area contributed by atoms with E-state index < -0.39 is 0 Å². The van der Waals surface area contributed by atoms with E-state index in [2.05, 4.69) is 6.92 Å². The first-order chi connectivity index (χ1) is 7.86. The van der Waals surface area contributed by atoms with Crippen molar-refractivity contribution in [1.82, 2.24) is 0 Å². The molecule has 0 saturated heterocycles. The Morgan fingerprint density at radius 3 is 2.56 bits per heavy atom. The van der Waals surface area contributed by atoms with Crippen LogP contribution in [0.15, 0.2) is 11.1 Å². The van der Waals surface area contributed by atoms with Gasteiger partial charge in [0.25, 0.3) is 0 Å². The molecule has 0 aromatic rings. The summed E-state index contributed by atoms with van der Waals surface area (Å²) in [4.78, 5) is 0. The molecule has 0 bridgehead atoms. The van der Waals surface area contributed by atoms with Gasteiger partial charge < -0.3 is 0 Å². The normalized spacial score (nSPS) is 39.9. The summed E-state index contributed by atoms with van der Waals surface area (Å²) in [6, 6.07) is 0. The van der Waals surface area contributed by atoms with E-state index in [1.165, 1.54) is 64.2 Å². The van der Waals surface area contributed by atoms with Crippen molar-refractivity contribution in [3.05, 3.63) is 11.1 Å². The highest BCUT2D eigenvalue weighted by Gasteiger charge is 2.34. The highest BCUT2D eigenvalue weighted by molar-refractivity contribution is 5.22. The zero-order valence-electron chi connectivity index (χ0n) is 10.8. The molecule has 90 valence electrons. The summed E-state index contributed by atoms with van der Waals surface area (Å²) in [6.45, 7) is 2.55. The molecule has 0 nitrogen and oxygen atoms in total. The highest BCUT2D eigenvalue weighted by atomic mass is 14.4. The summed E-state index contributed by atoms with van der Waals surface area (Å²) in [5.74, 6) is 3.07. The summed E-state index contributed by atoms with van der Waals surface area (Å²) < 4.78 is 0. The molecule has 0 heteroatoms. The lowest BCUT2D eigenvalue weighted by molar-refractivity contribution is 0.184. The maximum absolute atomic E-state index is 2.55. The van der Waals surface area contributed by atoms with Crippen LogP contribution in [0.25, 0.3) is 0 Å². The molecular formula is C16H26. The van der Waals surface area contributed by atoms with Crippen LogP contribution < -0.4 is 0 Å². The first kappa shape index (κ1) is 10.9. The van der Waals surface area contributed by atoms with Gasteiger partial charge in [-0.15, -0.1) is 0 Å². The van der Waals surface area contributed by atoms with Gasteiger partial charge in [-0.25, -0.2) is 0 Å². The molecule has 1 fully saturated rings. The van der Waals surface area contributed by atoms with Gasteiger partial charge in [-0.3, -0.25) is 0 Å². The fourth-order valence-electron chi connectivity index (χ4n) is 4.70. The Hall–Kier alpha value is -0.260. The molecule has 3 unspecified atom stereocenters. The van der Waals surface area contributed by atoms with E-state index in [1.54, 1.807) is 0 Å². The van der Waals surface area contributed by atoms with Crippen LogP contribution in [0.4, 0.5) is 0 Å². The third-order valence-electron chi connectivity index (χ3n) is 5.61. The molecule has 0 aromatic heterocycles. The second-order valence-electron chi connectivity index (χ2n) is 6.37. The Kier molecular flexibility index (Phi) is 3.09. The van der Waals surface area contributed by atoms with E-state index in [-0.39, 0.29) is 0 Å². The summed E-state index contributed by atoms with van der Waals surface area (Å²) >= 11 is 0. The standard InChI is InChI=1S/C16H26/c1-12-15-8-4-2-6-13(15)10-11-14-7-3-5-9-16(12)14/h12-13,15H,2-11H2,1H3. The number of allylic oxidation sites excluding steroid dienone is 2. The maximum atomic E-state index is 2.55. The predicted molar refractivity (Wildman–Crippen MR) is 69.3 cm³/mol. The third-order valence-corrected chi connectivity index (χ3v) is 5.61. The molecule has 3 atom stereocenters. The van der Waals surface area contributed by atoms with Gasteiger partial charge in [-0.05, 0) is 62.7 Å². The first-order valence-electron chi connectivity index (χ1n) is 7.57. The van der Waals surface area contributed by atoms with Crippen LogP contribution in [0.3, 0.4) is 0 Å². The monoisotopic (exact) mass is 218 g/mol. The molecule has 0 spiro atoms. The average molecular weight is 218 g/mol. The largest absolute Gasteiger partial charge is 0.0707 e. The van der Waals surface area contributed by atoms with Crippen molar-refractivity contribution in [3.63, 3.8) is 0 Å².